The summed E-state index contributed by atoms with van der Waals surface area (Å²) in [5, 5.41) is 0.574. The molecule has 2 N–H and O–H groups in total. The molecule has 1 aromatic heterocycles. The van der Waals surface area contributed by atoms with Gasteiger partial charge in [0.1, 0.15) is 5.84 Å². The number of pyridine rings is 1. The van der Waals surface area contributed by atoms with Crippen molar-refractivity contribution in [2.45, 2.75) is 4.90 Å². The highest BCUT2D eigenvalue weighted by atomic mass is 35.5. The number of thioether (sulfide) groups is 1. The Hall–Kier alpha value is -3.35. The van der Waals surface area contributed by atoms with Gasteiger partial charge in [0.15, 0.2) is 11.6 Å². The van der Waals surface area contributed by atoms with Crippen LogP contribution in [-0.2, 0) is 0 Å². The monoisotopic (exact) mass is 477 g/mol. The second-order valence-corrected chi connectivity index (χ2v) is 8.42. The molecule has 1 heterocycles. The predicted molar refractivity (Wildman–Crippen MR) is 135 cm³/mol. The van der Waals surface area contributed by atoms with Crippen LogP contribution in [0.3, 0.4) is 0 Å². The molecule has 0 atom stereocenters. The average molecular weight is 478 g/mol. The maximum atomic E-state index is 14.4. The maximum absolute atomic E-state index is 14.4. The smallest absolute Gasteiger partial charge is 0.165 e. The van der Waals surface area contributed by atoms with Crippen molar-refractivity contribution in [1.29, 1.82) is 0 Å². The summed E-state index contributed by atoms with van der Waals surface area (Å²) in [6.45, 7) is 0. The summed E-state index contributed by atoms with van der Waals surface area (Å²) in [5.41, 5.74) is 10.8. The van der Waals surface area contributed by atoms with E-state index in [1.54, 1.807) is 42.2 Å². The third kappa shape index (κ3) is 5.02. The third-order valence-corrected chi connectivity index (χ3v) is 6.16. The van der Waals surface area contributed by atoms with Crippen LogP contribution in [0.4, 0.5) is 10.1 Å². The van der Waals surface area contributed by atoms with Crippen LogP contribution < -0.4 is 10.5 Å². The molecule has 0 aliphatic heterocycles. The number of aliphatic imine (C=N–C) groups is 1. The lowest BCUT2D eigenvalue weighted by Crippen LogP contribution is -2.14. The number of aromatic nitrogens is 1. The zero-order valence-corrected chi connectivity index (χ0v) is 19.6. The zero-order valence-electron chi connectivity index (χ0n) is 18.0. The highest BCUT2D eigenvalue weighted by molar-refractivity contribution is 7.98. The Morgan fingerprint density at radius 1 is 1.03 bits per heavy atom. The Kier molecular flexibility index (Phi) is 6.96. The first-order valence-corrected chi connectivity index (χ1v) is 11.7. The van der Waals surface area contributed by atoms with Crippen LogP contribution in [0, 0.1) is 5.82 Å². The molecular weight excluding hydrogens is 457 g/mol. The second-order valence-electron chi connectivity index (χ2n) is 7.14. The van der Waals surface area contributed by atoms with Crippen LogP contribution in [-0.4, -0.2) is 24.2 Å². The van der Waals surface area contributed by atoms with Crippen molar-refractivity contribution >= 4 is 34.9 Å². The minimum Gasteiger partial charge on any atom is -0.494 e. The molecule has 0 bridgehead atoms. The van der Waals surface area contributed by atoms with Crippen LogP contribution in [0.15, 0.2) is 88.9 Å². The van der Waals surface area contributed by atoms with E-state index in [4.69, 9.17) is 22.1 Å². The van der Waals surface area contributed by atoms with E-state index in [2.05, 4.69) is 9.98 Å². The summed E-state index contributed by atoms with van der Waals surface area (Å²) in [5.74, 6) is 0.0538. The van der Waals surface area contributed by atoms with Gasteiger partial charge in [-0.2, -0.15) is 0 Å². The van der Waals surface area contributed by atoms with Crippen LogP contribution in [0.5, 0.6) is 5.75 Å². The Balaban J connectivity index is 1.79. The summed E-state index contributed by atoms with van der Waals surface area (Å²) in [7, 11) is 1.44. The molecule has 0 amide bonds. The standard InChI is InChI=1S/C26H21ClFN3OS/c1-32-25-11-6-16(13-23(25)28)20-15-18(33-2)8-9-19(20)26(29)31-17-7-10-22(27)21(14-17)24-5-3-4-12-30-24/h3-15H,1-2H3,(H2,29,31). The molecule has 0 aliphatic carbocycles. The average Bonchev–Trinajstić information content (AvgIpc) is 2.85. The summed E-state index contributed by atoms with van der Waals surface area (Å²) >= 11 is 7.99. The van der Waals surface area contributed by atoms with Crippen LogP contribution in [0.25, 0.3) is 22.4 Å². The number of methoxy groups -OCH3 is 1. The molecular formula is C26H21ClFN3OS. The van der Waals surface area contributed by atoms with Gasteiger partial charge in [0.25, 0.3) is 0 Å². The van der Waals surface area contributed by atoms with Crippen molar-refractivity contribution in [3.8, 4) is 28.1 Å². The number of benzene rings is 3. The van der Waals surface area contributed by atoms with Crippen molar-refractivity contribution in [3.05, 3.63) is 95.4 Å². The van der Waals surface area contributed by atoms with Crippen molar-refractivity contribution < 1.29 is 9.13 Å². The van der Waals surface area contributed by atoms with E-state index in [0.717, 1.165) is 21.7 Å². The molecule has 4 nitrogen and oxygen atoms in total. The molecule has 7 heteroatoms. The fraction of sp³-hybridized carbons (Fsp3) is 0.0769. The van der Waals surface area contributed by atoms with Gasteiger partial charge in [0.2, 0.25) is 0 Å². The Bertz CT molecular complexity index is 1330. The molecule has 0 fully saturated rings. The molecule has 4 rings (SSSR count). The number of halogens is 2. The summed E-state index contributed by atoms with van der Waals surface area (Å²) in [4.78, 5) is 10.0. The van der Waals surface area contributed by atoms with Gasteiger partial charge in [-0.3, -0.25) is 4.98 Å². The highest BCUT2D eigenvalue weighted by Crippen LogP contribution is 2.33. The number of nitrogens with zero attached hydrogens (tertiary/aromatic N) is 2. The molecule has 0 saturated carbocycles. The van der Waals surface area contributed by atoms with Gasteiger partial charge < -0.3 is 10.5 Å². The van der Waals surface area contributed by atoms with Gasteiger partial charge in [-0.15, -0.1) is 11.8 Å². The lowest BCUT2D eigenvalue weighted by molar-refractivity contribution is 0.386. The molecule has 0 saturated heterocycles. The quantitative estimate of drug-likeness (QED) is 0.185. The van der Waals surface area contributed by atoms with Crippen LogP contribution in [0.2, 0.25) is 5.02 Å². The Morgan fingerprint density at radius 2 is 1.88 bits per heavy atom. The van der Waals surface area contributed by atoms with E-state index in [1.165, 1.54) is 13.2 Å². The summed E-state index contributed by atoms with van der Waals surface area (Å²) in [6.07, 6.45) is 3.70. The molecule has 166 valence electrons. The lowest BCUT2D eigenvalue weighted by atomic mass is 9.98. The van der Waals surface area contributed by atoms with Gasteiger partial charge in [-0.05, 0) is 78.0 Å². The van der Waals surface area contributed by atoms with Crippen LogP contribution in [0.1, 0.15) is 5.56 Å². The van der Waals surface area contributed by atoms with E-state index in [9.17, 15) is 4.39 Å². The molecule has 0 aliphatic rings. The van der Waals surface area contributed by atoms with Gasteiger partial charge in [-0.25, -0.2) is 9.38 Å². The number of nitrogens with two attached hydrogens (primary N) is 1. The van der Waals surface area contributed by atoms with Gasteiger partial charge in [0, 0.05) is 22.2 Å². The predicted octanol–water partition coefficient (Wildman–Crippen LogP) is 6.98. The second kappa shape index (κ2) is 10.1. The first-order valence-electron chi connectivity index (χ1n) is 10.1. The Morgan fingerprint density at radius 3 is 2.58 bits per heavy atom. The van der Waals surface area contributed by atoms with E-state index in [-0.39, 0.29) is 5.75 Å². The van der Waals surface area contributed by atoms with Crippen molar-refractivity contribution in [2.24, 2.45) is 10.7 Å². The summed E-state index contributed by atoms with van der Waals surface area (Å²) < 4.78 is 19.5. The van der Waals surface area contributed by atoms with Crippen LogP contribution >= 0.6 is 23.4 Å². The first kappa shape index (κ1) is 22.8. The number of amidine groups is 1. The van der Waals surface area contributed by atoms with Crippen molar-refractivity contribution in [3.63, 3.8) is 0 Å². The molecule has 33 heavy (non-hydrogen) atoms. The number of rotatable bonds is 6. The van der Waals surface area contributed by atoms with E-state index in [0.29, 0.717) is 27.7 Å². The number of ether oxygens (including phenoxy) is 1. The van der Waals surface area contributed by atoms with Crippen molar-refractivity contribution in [2.75, 3.05) is 13.4 Å². The number of hydrogen-bond donors (Lipinski definition) is 1. The number of hydrogen-bond acceptors (Lipinski definition) is 4. The van der Waals surface area contributed by atoms with E-state index in [1.807, 2.05) is 48.7 Å². The van der Waals surface area contributed by atoms with E-state index >= 15 is 0 Å². The topological polar surface area (TPSA) is 60.5 Å². The lowest BCUT2D eigenvalue weighted by Gasteiger charge is -2.13. The van der Waals surface area contributed by atoms with Crippen molar-refractivity contribution in [1.82, 2.24) is 4.98 Å². The van der Waals surface area contributed by atoms with Gasteiger partial charge in [-0.1, -0.05) is 23.7 Å². The largest absolute Gasteiger partial charge is 0.494 e. The minimum absolute atomic E-state index is 0.186. The summed E-state index contributed by atoms with van der Waals surface area (Å²) in [6, 6.07) is 21.7. The van der Waals surface area contributed by atoms with E-state index < -0.39 is 5.82 Å². The molecule has 0 spiro atoms. The normalized spacial score (nSPS) is 11.5. The Labute approximate surface area is 201 Å². The highest BCUT2D eigenvalue weighted by Gasteiger charge is 2.13. The fourth-order valence-electron chi connectivity index (χ4n) is 3.45. The molecule has 3 aromatic carbocycles. The van der Waals surface area contributed by atoms with Gasteiger partial charge >= 0.3 is 0 Å². The molecule has 0 unspecified atom stereocenters. The first-order chi connectivity index (χ1) is 16.0. The third-order valence-electron chi connectivity index (χ3n) is 5.11. The minimum atomic E-state index is -0.441. The molecule has 4 aromatic rings. The van der Waals surface area contributed by atoms with Gasteiger partial charge in [0.05, 0.1) is 23.5 Å². The SMILES string of the molecule is COc1ccc(-c2cc(SC)ccc2C(N)=Nc2ccc(Cl)c(-c3ccccn3)c2)cc1F. The zero-order chi connectivity index (χ0) is 23.4. The fourth-order valence-corrected chi connectivity index (χ4v) is 4.10. The maximum Gasteiger partial charge on any atom is 0.165 e. The molecule has 0 radical (unpaired) electrons.